The molecule has 1 atom stereocenters. The highest BCUT2D eigenvalue weighted by molar-refractivity contribution is 5.96. The van der Waals surface area contributed by atoms with Gasteiger partial charge in [-0.05, 0) is 26.1 Å². The minimum Gasteiger partial charge on any atom is -0.505 e. The van der Waals surface area contributed by atoms with Crippen molar-refractivity contribution in [2.45, 2.75) is 26.8 Å². The number of hydrogen-bond donors (Lipinski definition) is 2. The quantitative estimate of drug-likeness (QED) is 0.798. The van der Waals surface area contributed by atoms with Gasteiger partial charge in [-0.3, -0.25) is 9.78 Å². The van der Waals surface area contributed by atoms with Crippen molar-refractivity contribution in [3.63, 3.8) is 0 Å². The van der Waals surface area contributed by atoms with Gasteiger partial charge in [0.15, 0.2) is 0 Å². The summed E-state index contributed by atoms with van der Waals surface area (Å²) in [5.74, 6) is -0.361. The number of nitrogens with one attached hydrogen (secondary N) is 1. The van der Waals surface area contributed by atoms with E-state index in [1.54, 1.807) is 0 Å². The van der Waals surface area contributed by atoms with Crippen LogP contribution in [0.5, 0.6) is 5.75 Å². The van der Waals surface area contributed by atoms with Crippen LogP contribution in [-0.2, 0) is 0 Å². The molecule has 2 N–H and O–H groups in total. The monoisotopic (exact) mass is 251 g/mol. The van der Waals surface area contributed by atoms with Gasteiger partial charge < -0.3 is 15.3 Å². The average molecular weight is 251 g/mol. The van der Waals surface area contributed by atoms with Gasteiger partial charge in [0.2, 0.25) is 0 Å². The lowest BCUT2D eigenvalue weighted by molar-refractivity contribution is 0.0927. The first-order valence-corrected chi connectivity index (χ1v) is 6.24. The largest absolute Gasteiger partial charge is 0.505 e. The lowest BCUT2D eigenvalue weighted by Gasteiger charge is -2.23. The molecular formula is C13H21N3O2. The summed E-state index contributed by atoms with van der Waals surface area (Å²) in [6.45, 7) is 8.84. The van der Waals surface area contributed by atoms with Crippen LogP contribution in [0.3, 0.4) is 0 Å². The second-order valence-electron chi connectivity index (χ2n) is 4.25. The first kappa shape index (κ1) is 14.4. The molecule has 0 aliphatic heterocycles. The molecule has 18 heavy (non-hydrogen) atoms. The van der Waals surface area contributed by atoms with Crippen LogP contribution in [0.15, 0.2) is 18.5 Å². The maximum atomic E-state index is 11.9. The van der Waals surface area contributed by atoms with Crippen LogP contribution in [0.4, 0.5) is 0 Å². The van der Waals surface area contributed by atoms with E-state index < -0.39 is 0 Å². The van der Waals surface area contributed by atoms with Crippen molar-refractivity contribution in [1.82, 2.24) is 15.2 Å². The standard InChI is InChI=1S/C13H21N3O2/c1-4-16(5-2)9-10(3)15-13(18)11-6-7-14-8-12(11)17/h6-8,10,17H,4-5,9H2,1-3H3,(H,15,18). The minimum absolute atomic E-state index is 0.0324. The Morgan fingerprint density at radius 1 is 1.50 bits per heavy atom. The zero-order valence-corrected chi connectivity index (χ0v) is 11.2. The number of pyridine rings is 1. The highest BCUT2D eigenvalue weighted by atomic mass is 16.3. The van der Waals surface area contributed by atoms with E-state index in [9.17, 15) is 9.90 Å². The fourth-order valence-electron chi connectivity index (χ4n) is 1.79. The van der Waals surface area contributed by atoms with Gasteiger partial charge in [0, 0.05) is 18.8 Å². The number of likely N-dealkylation sites (N-methyl/N-ethyl adjacent to an activating group) is 1. The first-order chi connectivity index (χ1) is 8.58. The number of amides is 1. The summed E-state index contributed by atoms with van der Waals surface area (Å²) in [6.07, 6.45) is 2.76. The minimum atomic E-state index is -0.269. The molecule has 0 saturated heterocycles. The average Bonchev–Trinajstić information content (AvgIpc) is 2.36. The highest BCUT2D eigenvalue weighted by Crippen LogP contribution is 2.13. The molecule has 1 rings (SSSR count). The Bertz CT molecular complexity index is 392. The topological polar surface area (TPSA) is 65.5 Å². The van der Waals surface area contributed by atoms with E-state index in [0.29, 0.717) is 0 Å². The summed E-state index contributed by atoms with van der Waals surface area (Å²) in [6, 6.07) is 1.54. The zero-order valence-electron chi connectivity index (χ0n) is 11.2. The van der Waals surface area contributed by atoms with Crippen LogP contribution in [0.2, 0.25) is 0 Å². The van der Waals surface area contributed by atoms with Crippen LogP contribution in [-0.4, -0.2) is 46.6 Å². The molecule has 1 heterocycles. The number of carbonyl (C=O) groups excluding carboxylic acids is 1. The molecule has 5 nitrogen and oxygen atoms in total. The Morgan fingerprint density at radius 3 is 2.72 bits per heavy atom. The molecule has 5 heteroatoms. The van der Waals surface area contributed by atoms with E-state index in [4.69, 9.17) is 0 Å². The van der Waals surface area contributed by atoms with Crippen LogP contribution < -0.4 is 5.32 Å². The maximum Gasteiger partial charge on any atom is 0.255 e. The van der Waals surface area contributed by atoms with E-state index in [-0.39, 0.29) is 23.3 Å². The number of hydrogen-bond acceptors (Lipinski definition) is 4. The maximum absolute atomic E-state index is 11.9. The summed E-state index contributed by atoms with van der Waals surface area (Å²) in [5, 5.41) is 12.4. The van der Waals surface area contributed by atoms with Crippen molar-refractivity contribution < 1.29 is 9.90 Å². The summed E-state index contributed by atoms with van der Waals surface area (Å²) in [5.41, 5.74) is 0.261. The third-order valence-corrected chi connectivity index (χ3v) is 2.85. The SMILES string of the molecule is CCN(CC)CC(C)NC(=O)c1ccncc1O. The Balaban J connectivity index is 2.57. The van der Waals surface area contributed by atoms with Gasteiger partial charge in [-0.15, -0.1) is 0 Å². The molecule has 0 bridgehead atoms. The van der Waals surface area contributed by atoms with Crippen molar-refractivity contribution in [2.24, 2.45) is 0 Å². The Hall–Kier alpha value is -1.62. The van der Waals surface area contributed by atoms with E-state index in [2.05, 4.69) is 29.0 Å². The van der Waals surface area contributed by atoms with E-state index >= 15 is 0 Å². The first-order valence-electron chi connectivity index (χ1n) is 6.24. The summed E-state index contributed by atoms with van der Waals surface area (Å²) in [7, 11) is 0. The Kier molecular flexibility index (Phi) is 5.58. The number of aromatic nitrogens is 1. The van der Waals surface area contributed by atoms with Crippen molar-refractivity contribution in [2.75, 3.05) is 19.6 Å². The number of rotatable bonds is 6. The molecule has 0 aromatic carbocycles. The van der Waals surface area contributed by atoms with Gasteiger partial charge in [-0.2, -0.15) is 0 Å². The summed E-state index contributed by atoms with van der Waals surface area (Å²) >= 11 is 0. The molecule has 100 valence electrons. The van der Waals surface area contributed by atoms with Gasteiger partial charge in [0.1, 0.15) is 5.75 Å². The van der Waals surface area contributed by atoms with E-state index in [0.717, 1.165) is 19.6 Å². The lowest BCUT2D eigenvalue weighted by Crippen LogP contribution is -2.41. The second kappa shape index (κ2) is 6.96. The number of carbonyl (C=O) groups is 1. The van der Waals surface area contributed by atoms with Gasteiger partial charge in [0.05, 0.1) is 11.8 Å². The molecule has 1 amide bonds. The van der Waals surface area contributed by atoms with Crippen molar-refractivity contribution in [3.8, 4) is 5.75 Å². The fraction of sp³-hybridized carbons (Fsp3) is 0.538. The summed E-state index contributed by atoms with van der Waals surface area (Å²) < 4.78 is 0. The lowest BCUT2D eigenvalue weighted by atomic mass is 10.2. The van der Waals surface area contributed by atoms with Crippen LogP contribution >= 0.6 is 0 Å². The van der Waals surface area contributed by atoms with E-state index in [1.165, 1.54) is 18.5 Å². The second-order valence-corrected chi connectivity index (χ2v) is 4.25. The smallest absolute Gasteiger partial charge is 0.255 e. The van der Waals surface area contributed by atoms with Crippen LogP contribution in [0.25, 0.3) is 0 Å². The highest BCUT2D eigenvalue weighted by Gasteiger charge is 2.14. The molecule has 0 saturated carbocycles. The Morgan fingerprint density at radius 2 is 2.17 bits per heavy atom. The molecule has 1 unspecified atom stereocenters. The molecule has 1 aromatic heterocycles. The molecule has 0 fully saturated rings. The van der Waals surface area contributed by atoms with Gasteiger partial charge in [0.25, 0.3) is 5.91 Å². The predicted octanol–water partition coefficient (Wildman–Crippen LogP) is 1.25. The van der Waals surface area contributed by atoms with Gasteiger partial charge in [-0.25, -0.2) is 0 Å². The fourth-order valence-corrected chi connectivity index (χ4v) is 1.79. The van der Waals surface area contributed by atoms with Crippen LogP contribution in [0, 0.1) is 0 Å². The normalized spacial score (nSPS) is 12.4. The molecule has 1 aromatic rings. The van der Waals surface area contributed by atoms with Crippen LogP contribution in [0.1, 0.15) is 31.1 Å². The van der Waals surface area contributed by atoms with Gasteiger partial charge >= 0.3 is 0 Å². The Labute approximate surface area is 108 Å². The van der Waals surface area contributed by atoms with Crippen molar-refractivity contribution in [3.05, 3.63) is 24.0 Å². The molecule has 0 aliphatic rings. The van der Waals surface area contributed by atoms with Gasteiger partial charge in [-0.1, -0.05) is 13.8 Å². The predicted molar refractivity (Wildman–Crippen MR) is 70.6 cm³/mol. The molecule has 0 radical (unpaired) electrons. The third-order valence-electron chi connectivity index (χ3n) is 2.85. The number of nitrogens with zero attached hydrogens (tertiary/aromatic N) is 2. The summed E-state index contributed by atoms with van der Waals surface area (Å²) in [4.78, 5) is 17.9. The van der Waals surface area contributed by atoms with Crippen molar-refractivity contribution in [1.29, 1.82) is 0 Å². The third kappa shape index (κ3) is 4.00. The zero-order chi connectivity index (χ0) is 13.5. The number of aromatic hydroxyl groups is 1. The molecular weight excluding hydrogens is 230 g/mol. The molecule has 0 spiro atoms. The molecule has 0 aliphatic carbocycles. The van der Waals surface area contributed by atoms with E-state index in [1.807, 2.05) is 6.92 Å². The van der Waals surface area contributed by atoms with Crippen molar-refractivity contribution >= 4 is 5.91 Å².